The Morgan fingerprint density at radius 1 is 1.04 bits per heavy atom. The van der Waals surface area contributed by atoms with E-state index in [1.165, 1.54) is 0 Å². The molecule has 3 N–H and O–H groups in total. The van der Waals surface area contributed by atoms with E-state index in [4.69, 9.17) is 0 Å². The number of carbonyl (C=O) groups is 1. The molecule has 0 spiro atoms. The molecule has 4 fully saturated rings. The molecule has 23 heavy (non-hydrogen) atoms. The minimum absolute atomic E-state index is 0.00473. The van der Waals surface area contributed by atoms with Crippen LogP contribution in [-0.4, -0.2) is 39.4 Å². The van der Waals surface area contributed by atoms with Crippen LogP contribution in [0.5, 0.6) is 0 Å². The first-order valence-corrected chi connectivity index (χ1v) is 9.31. The van der Waals surface area contributed by atoms with Crippen molar-refractivity contribution in [3.05, 3.63) is 0 Å². The van der Waals surface area contributed by atoms with Crippen molar-refractivity contribution in [1.29, 1.82) is 0 Å². The largest absolute Gasteiger partial charge is 0.393 e. The number of hydrogen-bond donors (Lipinski definition) is 3. The average molecular weight is 322 g/mol. The van der Waals surface area contributed by atoms with Gasteiger partial charge in [0.15, 0.2) is 0 Å². The van der Waals surface area contributed by atoms with E-state index in [9.17, 15) is 20.1 Å². The first kappa shape index (κ1) is 16.0. The second kappa shape index (κ2) is 5.03. The summed E-state index contributed by atoms with van der Waals surface area (Å²) in [4.78, 5) is 13.1. The molecule has 0 heterocycles. The van der Waals surface area contributed by atoms with Crippen LogP contribution < -0.4 is 0 Å². The second-order valence-corrected chi connectivity index (χ2v) is 9.49. The topological polar surface area (TPSA) is 77.8 Å². The second-order valence-electron chi connectivity index (χ2n) is 9.49. The lowest BCUT2D eigenvalue weighted by Gasteiger charge is -2.60. The fourth-order valence-electron chi connectivity index (χ4n) is 7.05. The van der Waals surface area contributed by atoms with Crippen molar-refractivity contribution < 1.29 is 20.1 Å². The van der Waals surface area contributed by atoms with Crippen molar-refractivity contribution in [1.82, 2.24) is 0 Å². The summed E-state index contributed by atoms with van der Waals surface area (Å²) in [6.07, 6.45) is 3.95. The molecule has 0 amide bonds. The smallest absolute Gasteiger partial charge is 0.137 e. The van der Waals surface area contributed by atoms with Crippen molar-refractivity contribution in [3.8, 4) is 0 Å². The highest BCUT2D eigenvalue weighted by Gasteiger charge is 2.64. The average Bonchev–Trinajstić information content (AvgIpc) is 2.74. The first-order valence-electron chi connectivity index (χ1n) is 9.31. The lowest BCUT2D eigenvalue weighted by atomic mass is 9.44. The van der Waals surface area contributed by atoms with E-state index in [0.29, 0.717) is 31.5 Å². The molecule has 0 radical (unpaired) electrons. The van der Waals surface area contributed by atoms with E-state index < -0.39 is 6.10 Å². The van der Waals surface area contributed by atoms with Gasteiger partial charge in [-0.3, -0.25) is 4.79 Å². The van der Waals surface area contributed by atoms with Crippen LogP contribution in [-0.2, 0) is 4.79 Å². The third-order valence-electron chi connectivity index (χ3n) is 8.08. The van der Waals surface area contributed by atoms with Gasteiger partial charge in [0.25, 0.3) is 0 Å². The summed E-state index contributed by atoms with van der Waals surface area (Å²) in [5, 5.41) is 31.1. The van der Waals surface area contributed by atoms with Gasteiger partial charge in [0, 0.05) is 12.3 Å². The molecule has 4 rings (SSSR count). The van der Waals surface area contributed by atoms with Crippen LogP contribution in [0.4, 0.5) is 0 Å². The molecule has 0 aromatic carbocycles. The summed E-state index contributed by atoms with van der Waals surface area (Å²) in [6, 6.07) is 0. The van der Waals surface area contributed by atoms with Crippen molar-refractivity contribution in [3.63, 3.8) is 0 Å². The van der Waals surface area contributed by atoms with Crippen LogP contribution in [0.3, 0.4) is 0 Å². The minimum Gasteiger partial charge on any atom is -0.393 e. The third-order valence-corrected chi connectivity index (χ3v) is 8.08. The molecular weight excluding hydrogens is 292 g/mol. The maximum absolute atomic E-state index is 13.1. The number of hydrogen-bond acceptors (Lipinski definition) is 4. The van der Waals surface area contributed by atoms with Crippen molar-refractivity contribution in [2.24, 2.45) is 34.5 Å². The highest BCUT2D eigenvalue weighted by Crippen LogP contribution is 2.65. The number of aliphatic hydroxyl groups is 3. The lowest BCUT2D eigenvalue weighted by molar-refractivity contribution is -0.179. The number of Topliss-reactive ketones (excluding diaryl/α,β-unsaturated/α-hetero) is 1. The molecule has 0 aromatic rings. The molecule has 9 atom stereocenters. The Morgan fingerprint density at radius 2 is 1.78 bits per heavy atom. The van der Waals surface area contributed by atoms with Gasteiger partial charge < -0.3 is 15.3 Å². The van der Waals surface area contributed by atoms with E-state index in [1.54, 1.807) is 0 Å². The maximum Gasteiger partial charge on any atom is 0.137 e. The Kier molecular flexibility index (Phi) is 3.51. The summed E-state index contributed by atoms with van der Waals surface area (Å²) in [6.45, 7) is 4.35. The molecule has 130 valence electrons. The summed E-state index contributed by atoms with van der Waals surface area (Å²) < 4.78 is 0. The molecular formula is C19H30O4. The van der Waals surface area contributed by atoms with Gasteiger partial charge >= 0.3 is 0 Å². The quantitative estimate of drug-likeness (QED) is 0.636. The predicted octanol–water partition coefficient (Wildman–Crippen LogP) is 1.90. The summed E-state index contributed by atoms with van der Waals surface area (Å²) in [5.41, 5.74) is -0.231. The SMILES string of the molecule is CC12CC(=O)C3C(C1CC(O)C2)[C@H](O)C[C@H]1CC(O)CCC31C. The molecule has 0 aromatic heterocycles. The van der Waals surface area contributed by atoms with Gasteiger partial charge in [-0.2, -0.15) is 0 Å². The molecule has 0 aliphatic heterocycles. The van der Waals surface area contributed by atoms with Gasteiger partial charge in [0.05, 0.1) is 18.3 Å². The summed E-state index contributed by atoms with van der Waals surface area (Å²) in [7, 11) is 0. The number of aliphatic hydroxyl groups excluding tert-OH is 3. The van der Waals surface area contributed by atoms with E-state index in [-0.39, 0.29) is 46.7 Å². The zero-order chi connectivity index (χ0) is 16.6. The van der Waals surface area contributed by atoms with Crippen LogP contribution in [0, 0.1) is 34.5 Å². The van der Waals surface area contributed by atoms with Crippen LogP contribution in [0.25, 0.3) is 0 Å². The molecule has 4 aliphatic carbocycles. The minimum atomic E-state index is -0.470. The van der Waals surface area contributed by atoms with Crippen LogP contribution in [0.15, 0.2) is 0 Å². The molecule has 7 unspecified atom stereocenters. The molecule has 4 aliphatic rings. The molecule has 0 bridgehead atoms. The summed E-state index contributed by atoms with van der Waals surface area (Å²) in [5.74, 6) is 0.689. The molecule has 0 saturated heterocycles. The standard InChI is InChI=1S/C19H30O4/c1-18-8-12(21)7-13(18)16-14(22)6-10-5-11(20)3-4-19(10,2)17(16)15(23)9-18/h10-14,16-17,20-22H,3-9H2,1-2H3/t10-,11?,12?,13?,14-,16?,17?,18?,19?/m1/s1. The fourth-order valence-corrected chi connectivity index (χ4v) is 7.05. The maximum atomic E-state index is 13.1. The van der Waals surface area contributed by atoms with Gasteiger partial charge in [0.1, 0.15) is 5.78 Å². The van der Waals surface area contributed by atoms with E-state index in [2.05, 4.69) is 13.8 Å². The van der Waals surface area contributed by atoms with Gasteiger partial charge in [-0.1, -0.05) is 13.8 Å². The van der Waals surface area contributed by atoms with Crippen molar-refractivity contribution in [2.45, 2.75) is 77.1 Å². The highest BCUT2D eigenvalue weighted by molar-refractivity contribution is 5.84. The van der Waals surface area contributed by atoms with E-state index in [1.807, 2.05) is 0 Å². The van der Waals surface area contributed by atoms with Crippen molar-refractivity contribution in [2.75, 3.05) is 0 Å². The monoisotopic (exact) mass is 322 g/mol. The lowest BCUT2D eigenvalue weighted by Crippen LogP contribution is -2.61. The predicted molar refractivity (Wildman–Crippen MR) is 85.5 cm³/mol. The van der Waals surface area contributed by atoms with Crippen molar-refractivity contribution >= 4 is 5.78 Å². The molecule has 4 nitrogen and oxygen atoms in total. The Morgan fingerprint density at radius 3 is 2.52 bits per heavy atom. The van der Waals surface area contributed by atoms with Crippen LogP contribution in [0.1, 0.15) is 58.8 Å². The first-order chi connectivity index (χ1) is 10.7. The zero-order valence-corrected chi connectivity index (χ0v) is 14.2. The Hall–Kier alpha value is -0.450. The molecule has 4 saturated carbocycles. The van der Waals surface area contributed by atoms with Crippen LogP contribution in [0.2, 0.25) is 0 Å². The zero-order valence-electron chi connectivity index (χ0n) is 14.2. The Bertz CT molecular complexity index is 519. The van der Waals surface area contributed by atoms with E-state index >= 15 is 0 Å². The normalized spacial score (nSPS) is 59.2. The number of rotatable bonds is 0. The summed E-state index contributed by atoms with van der Waals surface area (Å²) >= 11 is 0. The number of fused-ring (bicyclic) bond motifs is 5. The Labute approximate surface area is 138 Å². The van der Waals surface area contributed by atoms with Gasteiger partial charge in [0.2, 0.25) is 0 Å². The molecule has 4 heteroatoms. The number of ketones is 1. The van der Waals surface area contributed by atoms with Gasteiger partial charge in [-0.15, -0.1) is 0 Å². The highest BCUT2D eigenvalue weighted by atomic mass is 16.3. The Balaban J connectivity index is 1.73. The number of carbonyl (C=O) groups excluding carboxylic acids is 1. The third kappa shape index (κ3) is 2.17. The fraction of sp³-hybridized carbons (Fsp3) is 0.947. The van der Waals surface area contributed by atoms with Crippen LogP contribution >= 0.6 is 0 Å². The van der Waals surface area contributed by atoms with Gasteiger partial charge in [-0.05, 0) is 67.1 Å². The van der Waals surface area contributed by atoms with Gasteiger partial charge in [-0.25, -0.2) is 0 Å². The van der Waals surface area contributed by atoms with E-state index in [0.717, 1.165) is 19.3 Å².